The van der Waals surface area contributed by atoms with Crippen LogP contribution in [0.3, 0.4) is 0 Å². The Kier molecular flexibility index (Phi) is 6.76. The predicted molar refractivity (Wildman–Crippen MR) is 63.8 cm³/mol. The van der Waals surface area contributed by atoms with E-state index >= 15 is 0 Å². The molecule has 86 valence electrons. The molecule has 0 heterocycles. The first-order valence-electron chi connectivity index (χ1n) is 5.45. The Morgan fingerprint density at radius 2 is 1.87 bits per heavy atom. The summed E-state index contributed by atoms with van der Waals surface area (Å²) in [6.07, 6.45) is 6.34. The molecule has 0 fully saturated rings. The molecule has 0 bridgehead atoms. The number of carboxylic acid groups (broad SMARTS) is 1. The molecule has 0 aromatic heterocycles. The highest BCUT2D eigenvalue weighted by Crippen LogP contribution is 2.17. The molecular weight excluding hydrogens is 188 g/mol. The zero-order valence-corrected chi connectivity index (χ0v) is 10.2. The van der Waals surface area contributed by atoms with Crippen molar-refractivity contribution in [1.82, 2.24) is 0 Å². The molecule has 0 unspecified atom stereocenters. The van der Waals surface area contributed by atoms with E-state index in [1.807, 2.05) is 13.0 Å². The molecule has 0 rings (SSSR count). The summed E-state index contributed by atoms with van der Waals surface area (Å²) in [4.78, 5) is 10.4. The highest BCUT2D eigenvalue weighted by atomic mass is 16.4. The second kappa shape index (κ2) is 7.27. The van der Waals surface area contributed by atoms with Crippen LogP contribution in [0.4, 0.5) is 0 Å². The molecule has 0 spiro atoms. The van der Waals surface area contributed by atoms with Crippen LogP contribution in [0.1, 0.15) is 47.0 Å². The van der Waals surface area contributed by atoms with E-state index in [-0.39, 0.29) is 6.42 Å². The molecule has 1 N–H and O–H groups in total. The molecule has 0 aromatic rings. The smallest absolute Gasteiger partial charge is 0.307 e. The maximum atomic E-state index is 10.4. The fraction of sp³-hybridized carbons (Fsp3) is 0.615. The third-order valence-corrected chi connectivity index (χ3v) is 2.53. The van der Waals surface area contributed by atoms with Crippen LogP contribution in [0.2, 0.25) is 0 Å². The van der Waals surface area contributed by atoms with Gasteiger partial charge in [-0.25, -0.2) is 0 Å². The van der Waals surface area contributed by atoms with Gasteiger partial charge in [0.25, 0.3) is 0 Å². The molecule has 0 amide bonds. The highest BCUT2D eigenvalue weighted by Gasteiger charge is 2.03. The van der Waals surface area contributed by atoms with Gasteiger partial charge in [0.1, 0.15) is 0 Å². The van der Waals surface area contributed by atoms with Gasteiger partial charge in [0.05, 0.1) is 6.42 Å². The van der Waals surface area contributed by atoms with Crippen molar-refractivity contribution in [1.29, 1.82) is 0 Å². The standard InChI is InChI=1S/C13H22O2/c1-10(2)6-5-7-11(3)12(4)8-9-13(14)15/h6,8,11H,5,7,9H2,1-4H3,(H,14,15)/t11-/m0/s1. The minimum atomic E-state index is -0.758. The Balaban J connectivity index is 3.98. The van der Waals surface area contributed by atoms with Crippen LogP contribution in [-0.2, 0) is 4.79 Å². The first-order valence-corrected chi connectivity index (χ1v) is 5.45. The van der Waals surface area contributed by atoms with Crippen LogP contribution in [0.25, 0.3) is 0 Å². The zero-order valence-electron chi connectivity index (χ0n) is 10.2. The van der Waals surface area contributed by atoms with Crippen molar-refractivity contribution in [3.8, 4) is 0 Å². The van der Waals surface area contributed by atoms with Crippen molar-refractivity contribution in [3.05, 3.63) is 23.3 Å². The Morgan fingerprint density at radius 1 is 1.27 bits per heavy atom. The average Bonchev–Trinajstić information content (AvgIpc) is 2.13. The van der Waals surface area contributed by atoms with Crippen LogP contribution in [0, 0.1) is 5.92 Å². The molecule has 0 aliphatic carbocycles. The van der Waals surface area contributed by atoms with Gasteiger partial charge in [-0.1, -0.05) is 30.2 Å². The number of carbonyl (C=O) groups is 1. The van der Waals surface area contributed by atoms with Crippen LogP contribution in [0.15, 0.2) is 23.3 Å². The summed E-state index contributed by atoms with van der Waals surface area (Å²) in [5.74, 6) is -0.286. The van der Waals surface area contributed by atoms with E-state index in [0.29, 0.717) is 5.92 Å². The number of hydrogen-bond acceptors (Lipinski definition) is 1. The van der Waals surface area contributed by atoms with E-state index in [2.05, 4.69) is 26.8 Å². The lowest BCUT2D eigenvalue weighted by Gasteiger charge is -2.10. The molecule has 0 radical (unpaired) electrons. The monoisotopic (exact) mass is 210 g/mol. The lowest BCUT2D eigenvalue weighted by atomic mass is 9.96. The second-order valence-electron chi connectivity index (χ2n) is 4.31. The van der Waals surface area contributed by atoms with Crippen molar-refractivity contribution >= 4 is 5.97 Å². The van der Waals surface area contributed by atoms with Crippen molar-refractivity contribution < 1.29 is 9.90 Å². The van der Waals surface area contributed by atoms with Gasteiger partial charge < -0.3 is 5.11 Å². The Labute approximate surface area is 92.7 Å². The summed E-state index contributed by atoms with van der Waals surface area (Å²) in [5, 5.41) is 8.54. The van der Waals surface area contributed by atoms with E-state index in [1.165, 1.54) is 11.1 Å². The summed E-state index contributed by atoms with van der Waals surface area (Å²) in [6, 6.07) is 0. The molecule has 1 atom stereocenters. The van der Waals surface area contributed by atoms with Crippen molar-refractivity contribution in [2.75, 3.05) is 0 Å². The lowest BCUT2D eigenvalue weighted by molar-refractivity contribution is -0.136. The van der Waals surface area contributed by atoms with Crippen LogP contribution in [-0.4, -0.2) is 11.1 Å². The van der Waals surface area contributed by atoms with E-state index in [0.717, 1.165) is 12.8 Å². The molecule has 0 saturated heterocycles. The van der Waals surface area contributed by atoms with Crippen molar-refractivity contribution in [3.63, 3.8) is 0 Å². The summed E-state index contributed by atoms with van der Waals surface area (Å²) >= 11 is 0. The van der Waals surface area contributed by atoms with Crippen molar-refractivity contribution in [2.45, 2.75) is 47.0 Å². The van der Waals surface area contributed by atoms with Gasteiger partial charge in [0.2, 0.25) is 0 Å². The molecule has 0 aliphatic heterocycles. The maximum absolute atomic E-state index is 10.4. The Bertz CT molecular complexity index is 258. The number of carboxylic acids is 1. The lowest BCUT2D eigenvalue weighted by Crippen LogP contribution is -1.98. The van der Waals surface area contributed by atoms with Gasteiger partial charge in [0.15, 0.2) is 0 Å². The first kappa shape index (κ1) is 13.9. The van der Waals surface area contributed by atoms with E-state index in [4.69, 9.17) is 5.11 Å². The number of allylic oxidation sites excluding steroid dienone is 3. The predicted octanol–water partition coefficient (Wildman–Crippen LogP) is 3.79. The van der Waals surface area contributed by atoms with Crippen LogP contribution >= 0.6 is 0 Å². The van der Waals surface area contributed by atoms with E-state index < -0.39 is 5.97 Å². The SMILES string of the molecule is CC(C)=CCC[C@H](C)C(C)=CCC(=O)O. The average molecular weight is 210 g/mol. The van der Waals surface area contributed by atoms with Gasteiger partial charge in [0, 0.05) is 0 Å². The quantitative estimate of drug-likeness (QED) is 0.677. The highest BCUT2D eigenvalue weighted by molar-refractivity contribution is 5.68. The third-order valence-electron chi connectivity index (χ3n) is 2.53. The van der Waals surface area contributed by atoms with Gasteiger partial charge in [-0.15, -0.1) is 0 Å². The molecule has 2 heteroatoms. The Hall–Kier alpha value is -1.05. The van der Waals surface area contributed by atoms with Gasteiger partial charge in [-0.05, 0) is 39.5 Å². The number of aliphatic carboxylic acids is 1. The maximum Gasteiger partial charge on any atom is 0.307 e. The minimum absolute atomic E-state index is 0.138. The molecule has 2 nitrogen and oxygen atoms in total. The molecular formula is C13H22O2. The number of hydrogen-bond donors (Lipinski definition) is 1. The summed E-state index contributed by atoms with van der Waals surface area (Å²) in [6.45, 7) is 8.35. The third kappa shape index (κ3) is 7.98. The molecule has 0 aromatic carbocycles. The van der Waals surface area contributed by atoms with E-state index in [1.54, 1.807) is 0 Å². The summed E-state index contributed by atoms with van der Waals surface area (Å²) < 4.78 is 0. The topological polar surface area (TPSA) is 37.3 Å². The van der Waals surface area contributed by atoms with Crippen LogP contribution < -0.4 is 0 Å². The fourth-order valence-electron chi connectivity index (χ4n) is 1.30. The Morgan fingerprint density at radius 3 is 2.33 bits per heavy atom. The molecule has 15 heavy (non-hydrogen) atoms. The first-order chi connectivity index (χ1) is 6.93. The van der Waals surface area contributed by atoms with Gasteiger partial charge in [-0.3, -0.25) is 4.79 Å². The zero-order chi connectivity index (χ0) is 11.8. The molecule has 0 saturated carbocycles. The summed E-state index contributed by atoms with van der Waals surface area (Å²) in [7, 11) is 0. The normalized spacial score (nSPS) is 13.5. The molecule has 0 aliphatic rings. The number of rotatable bonds is 6. The van der Waals surface area contributed by atoms with Gasteiger partial charge >= 0.3 is 5.97 Å². The summed E-state index contributed by atoms with van der Waals surface area (Å²) in [5.41, 5.74) is 2.52. The minimum Gasteiger partial charge on any atom is -0.481 e. The largest absolute Gasteiger partial charge is 0.481 e. The van der Waals surface area contributed by atoms with Crippen LogP contribution in [0.5, 0.6) is 0 Å². The second-order valence-corrected chi connectivity index (χ2v) is 4.31. The van der Waals surface area contributed by atoms with Crippen molar-refractivity contribution in [2.24, 2.45) is 5.92 Å². The van der Waals surface area contributed by atoms with Gasteiger partial charge in [-0.2, -0.15) is 0 Å². The van der Waals surface area contributed by atoms with E-state index in [9.17, 15) is 4.79 Å². The fourth-order valence-corrected chi connectivity index (χ4v) is 1.30.